The molecule has 1 N–H and O–H groups in total. The summed E-state index contributed by atoms with van der Waals surface area (Å²) >= 11 is 3.55. The number of hydrogen-bond acceptors (Lipinski definition) is 3. The van der Waals surface area contributed by atoms with Gasteiger partial charge in [-0.1, -0.05) is 0 Å². The standard InChI is InChI=1S/C14H17BrN2O/c1-14(2,3)17-13-11(15)8-9-7-10(18-4)5-6-12(9)16-13/h5-8H,1-4H3,(H,16,17). The zero-order valence-corrected chi connectivity index (χ0v) is 12.6. The van der Waals surface area contributed by atoms with Crippen LogP contribution < -0.4 is 10.1 Å². The molecule has 0 bridgehead atoms. The van der Waals surface area contributed by atoms with Crippen LogP contribution in [-0.4, -0.2) is 17.6 Å². The van der Waals surface area contributed by atoms with Crippen molar-refractivity contribution < 1.29 is 4.74 Å². The second-order valence-corrected chi connectivity index (χ2v) is 6.11. The van der Waals surface area contributed by atoms with Crippen molar-refractivity contribution in [2.24, 2.45) is 0 Å². The minimum Gasteiger partial charge on any atom is -0.497 e. The SMILES string of the molecule is COc1ccc2nc(NC(C)(C)C)c(Br)cc2c1. The predicted octanol–water partition coefficient (Wildman–Crippen LogP) is 4.22. The summed E-state index contributed by atoms with van der Waals surface area (Å²) in [7, 11) is 1.67. The van der Waals surface area contributed by atoms with Crippen LogP contribution in [0.25, 0.3) is 10.9 Å². The van der Waals surface area contributed by atoms with E-state index in [9.17, 15) is 0 Å². The van der Waals surface area contributed by atoms with Crippen molar-refractivity contribution >= 4 is 32.7 Å². The number of anilines is 1. The third-order valence-electron chi connectivity index (χ3n) is 2.47. The lowest BCUT2D eigenvalue weighted by Crippen LogP contribution is -2.26. The van der Waals surface area contributed by atoms with E-state index in [0.29, 0.717) is 0 Å². The molecule has 0 unspecified atom stereocenters. The van der Waals surface area contributed by atoms with E-state index in [4.69, 9.17) is 4.74 Å². The van der Waals surface area contributed by atoms with Crippen molar-refractivity contribution in [2.75, 3.05) is 12.4 Å². The van der Waals surface area contributed by atoms with Gasteiger partial charge in [-0.15, -0.1) is 0 Å². The fourth-order valence-corrected chi connectivity index (χ4v) is 2.13. The summed E-state index contributed by atoms with van der Waals surface area (Å²) in [6.07, 6.45) is 0. The highest BCUT2D eigenvalue weighted by molar-refractivity contribution is 9.10. The number of nitrogens with one attached hydrogen (secondary N) is 1. The van der Waals surface area contributed by atoms with Crippen LogP contribution in [0.1, 0.15) is 20.8 Å². The number of benzene rings is 1. The molecule has 0 atom stereocenters. The Morgan fingerprint density at radius 2 is 1.94 bits per heavy atom. The molecule has 0 aliphatic rings. The van der Waals surface area contributed by atoms with E-state index < -0.39 is 0 Å². The van der Waals surface area contributed by atoms with Gasteiger partial charge in [-0.25, -0.2) is 4.98 Å². The largest absolute Gasteiger partial charge is 0.497 e. The highest BCUT2D eigenvalue weighted by Crippen LogP contribution is 2.29. The number of nitrogens with zero attached hydrogens (tertiary/aromatic N) is 1. The Morgan fingerprint density at radius 3 is 2.56 bits per heavy atom. The van der Waals surface area contributed by atoms with Gasteiger partial charge in [-0.3, -0.25) is 0 Å². The van der Waals surface area contributed by atoms with Crippen molar-refractivity contribution in [1.29, 1.82) is 0 Å². The van der Waals surface area contributed by atoms with Crippen molar-refractivity contribution in [3.63, 3.8) is 0 Å². The lowest BCUT2D eigenvalue weighted by molar-refractivity contribution is 0.415. The first-order chi connectivity index (χ1) is 8.39. The number of halogens is 1. The molecule has 0 spiro atoms. The monoisotopic (exact) mass is 308 g/mol. The van der Waals surface area contributed by atoms with E-state index in [2.05, 4.69) is 53.1 Å². The summed E-state index contributed by atoms with van der Waals surface area (Å²) < 4.78 is 6.17. The zero-order valence-electron chi connectivity index (χ0n) is 11.0. The molecule has 2 aromatic rings. The van der Waals surface area contributed by atoms with E-state index in [0.717, 1.165) is 26.9 Å². The van der Waals surface area contributed by atoms with Gasteiger partial charge < -0.3 is 10.1 Å². The molecule has 0 amide bonds. The van der Waals surface area contributed by atoms with Crippen LogP contribution in [0.4, 0.5) is 5.82 Å². The quantitative estimate of drug-likeness (QED) is 0.902. The molecule has 0 saturated carbocycles. The first-order valence-electron chi connectivity index (χ1n) is 5.81. The Balaban J connectivity index is 2.49. The Hall–Kier alpha value is -1.29. The Labute approximate surface area is 116 Å². The molecule has 1 aromatic carbocycles. The van der Waals surface area contributed by atoms with Gasteiger partial charge in [0.2, 0.25) is 0 Å². The molecule has 1 heterocycles. The molecule has 3 nitrogen and oxygen atoms in total. The molecule has 2 rings (SSSR count). The summed E-state index contributed by atoms with van der Waals surface area (Å²) in [5.41, 5.74) is 0.932. The fourth-order valence-electron chi connectivity index (χ4n) is 1.70. The average molecular weight is 309 g/mol. The summed E-state index contributed by atoms with van der Waals surface area (Å²) in [6.45, 7) is 6.33. The van der Waals surface area contributed by atoms with Crippen LogP contribution in [-0.2, 0) is 0 Å². The summed E-state index contributed by atoms with van der Waals surface area (Å²) in [5.74, 6) is 1.70. The van der Waals surface area contributed by atoms with E-state index in [-0.39, 0.29) is 5.54 Å². The van der Waals surface area contributed by atoms with E-state index in [1.165, 1.54) is 0 Å². The summed E-state index contributed by atoms with van der Waals surface area (Å²) in [6, 6.07) is 7.92. The number of ether oxygens (including phenoxy) is 1. The highest BCUT2D eigenvalue weighted by atomic mass is 79.9. The molecule has 96 valence electrons. The number of rotatable bonds is 2. The Bertz CT molecular complexity index is 576. The van der Waals surface area contributed by atoms with Gasteiger partial charge in [0, 0.05) is 10.9 Å². The van der Waals surface area contributed by atoms with Crippen molar-refractivity contribution in [3.8, 4) is 5.75 Å². The maximum Gasteiger partial charge on any atom is 0.141 e. The number of fused-ring (bicyclic) bond motifs is 1. The smallest absolute Gasteiger partial charge is 0.141 e. The molecule has 0 saturated heterocycles. The van der Waals surface area contributed by atoms with Gasteiger partial charge in [0.25, 0.3) is 0 Å². The van der Waals surface area contributed by atoms with E-state index in [1.54, 1.807) is 7.11 Å². The topological polar surface area (TPSA) is 34.1 Å². The summed E-state index contributed by atoms with van der Waals surface area (Å²) in [5, 5.41) is 4.44. The first kappa shape index (κ1) is 13.1. The second kappa shape index (κ2) is 4.76. The lowest BCUT2D eigenvalue weighted by atomic mass is 10.1. The van der Waals surface area contributed by atoms with Gasteiger partial charge in [0.05, 0.1) is 17.1 Å². The zero-order chi connectivity index (χ0) is 13.3. The second-order valence-electron chi connectivity index (χ2n) is 5.25. The normalized spacial score (nSPS) is 11.6. The maximum atomic E-state index is 5.21. The molecule has 0 aliphatic heterocycles. The van der Waals surface area contributed by atoms with Gasteiger partial charge >= 0.3 is 0 Å². The number of aromatic nitrogens is 1. The number of pyridine rings is 1. The lowest BCUT2D eigenvalue weighted by Gasteiger charge is -2.22. The number of methoxy groups -OCH3 is 1. The third-order valence-corrected chi connectivity index (χ3v) is 3.07. The average Bonchev–Trinajstić information content (AvgIpc) is 2.27. The van der Waals surface area contributed by atoms with Crippen molar-refractivity contribution in [3.05, 3.63) is 28.7 Å². The van der Waals surface area contributed by atoms with Gasteiger partial charge in [-0.2, -0.15) is 0 Å². The molecule has 0 aliphatic carbocycles. The Morgan fingerprint density at radius 1 is 1.22 bits per heavy atom. The first-order valence-corrected chi connectivity index (χ1v) is 6.61. The van der Waals surface area contributed by atoms with Crippen LogP contribution in [0.3, 0.4) is 0 Å². The van der Waals surface area contributed by atoms with Crippen LogP contribution in [0, 0.1) is 0 Å². The number of hydrogen-bond donors (Lipinski definition) is 1. The van der Waals surface area contributed by atoms with Crippen molar-refractivity contribution in [1.82, 2.24) is 4.98 Å². The Kier molecular flexibility index (Phi) is 3.48. The van der Waals surface area contributed by atoms with Crippen LogP contribution >= 0.6 is 15.9 Å². The molecule has 4 heteroatoms. The van der Waals surface area contributed by atoms with Crippen LogP contribution in [0.5, 0.6) is 5.75 Å². The van der Waals surface area contributed by atoms with Crippen molar-refractivity contribution in [2.45, 2.75) is 26.3 Å². The summed E-state index contributed by atoms with van der Waals surface area (Å²) in [4.78, 5) is 4.62. The molecule has 1 aromatic heterocycles. The van der Waals surface area contributed by atoms with E-state index in [1.807, 2.05) is 18.2 Å². The van der Waals surface area contributed by atoms with Crippen LogP contribution in [0.15, 0.2) is 28.7 Å². The minimum atomic E-state index is -0.0182. The van der Waals surface area contributed by atoms with Gasteiger partial charge in [0.15, 0.2) is 0 Å². The molecular formula is C14H17BrN2O. The van der Waals surface area contributed by atoms with Gasteiger partial charge in [0.1, 0.15) is 11.6 Å². The molecular weight excluding hydrogens is 292 g/mol. The maximum absolute atomic E-state index is 5.21. The molecule has 0 fully saturated rings. The molecule has 0 radical (unpaired) electrons. The minimum absolute atomic E-state index is 0.0182. The van der Waals surface area contributed by atoms with Crippen LogP contribution in [0.2, 0.25) is 0 Å². The van der Waals surface area contributed by atoms with Gasteiger partial charge in [-0.05, 0) is 61.0 Å². The van der Waals surface area contributed by atoms with E-state index >= 15 is 0 Å². The highest BCUT2D eigenvalue weighted by Gasteiger charge is 2.13. The molecule has 18 heavy (non-hydrogen) atoms. The predicted molar refractivity (Wildman–Crippen MR) is 79.4 cm³/mol. The fraction of sp³-hybridized carbons (Fsp3) is 0.357. The third kappa shape index (κ3) is 2.93.